The second-order valence-corrected chi connectivity index (χ2v) is 8.77. The summed E-state index contributed by atoms with van der Waals surface area (Å²) in [5.74, 6) is 0.528. The number of sulfonamides is 1. The Balaban J connectivity index is 1.86. The largest absolute Gasteiger partial charge is 0.300 e. The van der Waals surface area contributed by atoms with Crippen LogP contribution in [-0.4, -0.2) is 36.0 Å². The summed E-state index contributed by atoms with van der Waals surface area (Å²) in [6.45, 7) is 1.81. The molecule has 1 aromatic heterocycles. The Kier molecular flexibility index (Phi) is 5.97. The average molecular weight is 372 g/mol. The molecule has 10 heteroatoms. The number of hydrogen-bond acceptors (Lipinski definition) is 7. The third-order valence-electron chi connectivity index (χ3n) is 2.64. The number of thioether (sulfide) groups is 1. The molecule has 0 aliphatic carbocycles. The van der Waals surface area contributed by atoms with Gasteiger partial charge >= 0.3 is 0 Å². The van der Waals surface area contributed by atoms with E-state index in [1.807, 2.05) is 30.3 Å². The molecule has 1 unspecified atom stereocenters. The highest BCUT2D eigenvalue weighted by Crippen LogP contribution is 2.23. The fraction of sp³-hybridized carbons (Fsp3) is 0.308. The third-order valence-corrected chi connectivity index (χ3v) is 5.30. The van der Waals surface area contributed by atoms with Gasteiger partial charge in [-0.2, -0.15) is 0 Å². The Morgan fingerprint density at radius 3 is 2.57 bits per heavy atom. The first kappa shape index (κ1) is 17.7. The van der Waals surface area contributed by atoms with E-state index < -0.39 is 10.0 Å². The van der Waals surface area contributed by atoms with E-state index in [4.69, 9.17) is 0 Å². The topological polar surface area (TPSA) is 101 Å². The number of benzene rings is 1. The molecule has 0 aliphatic heterocycles. The maximum Gasteiger partial charge on any atom is 0.239 e. The zero-order valence-corrected chi connectivity index (χ0v) is 15.0. The lowest BCUT2D eigenvalue weighted by Gasteiger charge is -2.10. The van der Waals surface area contributed by atoms with Gasteiger partial charge in [-0.05, 0) is 12.5 Å². The second kappa shape index (κ2) is 7.75. The van der Waals surface area contributed by atoms with Crippen LogP contribution in [0.15, 0.2) is 30.3 Å². The summed E-state index contributed by atoms with van der Waals surface area (Å²) in [6, 6.07) is 9.87. The van der Waals surface area contributed by atoms with Gasteiger partial charge in [0.25, 0.3) is 0 Å². The van der Waals surface area contributed by atoms with Crippen molar-refractivity contribution >= 4 is 49.3 Å². The summed E-state index contributed by atoms with van der Waals surface area (Å²) in [5, 5.41) is 10.1. The van der Waals surface area contributed by atoms with Crippen molar-refractivity contribution in [1.29, 1.82) is 0 Å². The first-order chi connectivity index (χ1) is 10.8. The fourth-order valence-electron chi connectivity index (χ4n) is 1.55. The van der Waals surface area contributed by atoms with Gasteiger partial charge in [0.05, 0.1) is 11.5 Å². The molecule has 124 valence electrons. The monoisotopic (exact) mass is 372 g/mol. The molecule has 0 fully saturated rings. The lowest BCUT2D eigenvalue weighted by Crippen LogP contribution is -2.22. The van der Waals surface area contributed by atoms with Crippen LogP contribution in [0.3, 0.4) is 0 Å². The number of anilines is 2. The molecule has 1 amide bonds. The van der Waals surface area contributed by atoms with Crippen molar-refractivity contribution in [2.75, 3.05) is 16.3 Å². The van der Waals surface area contributed by atoms with Crippen LogP contribution in [0.5, 0.6) is 0 Å². The van der Waals surface area contributed by atoms with Gasteiger partial charge in [0.1, 0.15) is 0 Å². The molecule has 7 nitrogen and oxygen atoms in total. The van der Waals surface area contributed by atoms with Crippen molar-refractivity contribution in [3.63, 3.8) is 0 Å². The first-order valence-electron chi connectivity index (χ1n) is 6.61. The summed E-state index contributed by atoms with van der Waals surface area (Å²) >= 11 is 2.47. The number of rotatable bonds is 7. The summed E-state index contributed by atoms with van der Waals surface area (Å²) in [5.41, 5.74) is 1.15. The molecule has 0 bridgehead atoms. The normalized spacial score (nSPS) is 12.6. The molecule has 1 atom stereocenters. The van der Waals surface area contributed by atoms with Crippen LogP contribution in [0.4, 0.5) is 10.3 Å². The van der Waals surface area contributed by atoms with Gasteiger partial charge in [-0.3, -0.25) is 14.8 Å². The van der Waals surface area contributed by atoms with Crippen LogP contribution in [-0.2, 0) is 20.6 Å². The molecule has 0 saturated carbocycles. The quantitative estimate of drug-likeness (QED) is 0.772. The minimum Gasteiger partial charge on any atom is -0.300 e. The second-order valence-electron chi connectivity index (χ2n) is 4.71. The molecule has 2 rings (SSSR count). The lowest BCUT2D eigenvalue weighted by molar-refractivity contribution is -0.115. The Labute approximate surface area is 143 Å². The summed E-state index contributed by atoms with van der Waals surface area (Å²) in [6.07, 6.45) is 1.02. The minimum absolute atomic E-state index is 0.118. The van der Waals surface area contributed by atoms with Crippen LogP contribution in [0, 0.1) is 0 Å². The molecule has 0 radical (unpaired) electrons. The van der Waals surface area contributed by atoms with Gasteiger partial charge < -0.3 is 0 Å². The zero-order valence-electron chi connectivity index (χ0n) is 12.5. The van der Waals surface area contributed by atoms with Crippen LogP contribution in [0.1, 0.15) is 12.5 Å². The molecule has 2 aromatic rings. The SMILES string of the molecule is CC(SCc1ccccc1)C(=O)Nc1nnc(NS(C)(=O)=O)s1. The number of aromatic nitrogens is 2. The lowest BCUT2D eigenvalue weighted by atomic mass is 10.2. The molecule has 0 saturated heterocycles. The van der Waals surface area contributed by atoms with E-state index in [-0.39, 0.29) is 21.4 Å². The van der Waals surface area contributed by atoms with Crippen LogP contribution < -0.4 is 10.0 Å². The Morgan fingerprint density at radius 2 is 1.91 bits per heavy atom. The number of hydrogen-bond donors (Lipinski definition) is 2. The van der Waals surface area contributed by atoms with E-state index in [2.05, 4.69) is 20.2 Å². The Morgan fingerprint density at radius 1 is 1.26 bits per heavy atom. The summed E-state index contributed by atoms with van der Waals surface area (Å²) < 4.78 is 24.4. The van der Waals surface area contributed by atoms with Gasteiger partial charge in [-0.25, -0.2) is 8.42 Å². The number of carbonyl (C=O) groups is 1. The highest BCUT2D eigenvalue weighted by molar-refractivity contribution is 7.99. The first-order valence-corrected chi connectivity index (χ1v) is 10.4. The molecule has 1 heterocycles. The zero-order chi connectivity index (χ0) is 16.9. The van der Waals surface area contributed by atoms with Gasteiger partial charge in [0.15, 0.2) is 0 Å². The molecule has 23 heavy (non-hydrogen) atoms. The highest BCUT2D eigenvalue weighted by atomic mass is 32.2. The maximum absolute atomic E-state index is 12.1. The standard InChI is InChI=1S/C13H16N4O3S3/c1-9(21-8-10-6-4-3-5-7-10)11(18)14-12-15-16-13(22-12)17-23(2,19)20/h3-7,9H,8H2,1-2H3,(H,16,17)(H,14,15,18). The summed E-state index contributed by atoms with van der Waals surface area (Å²) in [4.78, 5) is 12.1. The Hall–Kier alpha value is -1.65. The van der Waals surface area contributed by atoms with Crippen LogP contribution >= 0.6 is 23.1 Å². The molecular weight excluding hydrogens is 356 g/mol. The van der Waals surface area contributed by atoms with E-state index >= 15 is 0 Å². The van der Waals surface area contributed by atoms with Gasteiger partial charge in [0.2, 0.25) is 26.2 Å². The van der Waals surface area contributed by atoms with Crippen molar-refractivity contribution < 1.29 is 13.2 Å². The van der Waals surface area contributed by atoms with Crippen LogP contribution in [0.25, 0.3) is 0 Å². The Bertz CT molecular complexity index is 762. The van der Waals surface area contributed by atoms with Crippen molar-refractivity contribution in [1.82, 2.24) is 10.2 Å². The molecule has 1 aromatic carbocycles. The minimum atomic E-state index is -3.41. The van der Waals surface area contributed by atoms with Crippen molar-refractivity contribution in [2.24, 2.45) is 0 Å². The molecule has 0 spiro atoms. The van der Waals surface area contributed by atoms with Gasteiger partial charge in [0, 0.05) is 5.75 Å². The van der Waals surface area contributed by atoms with Crippen molar-refractivity contribution in [2.45, 2.75) is 17.9 Å². The maximum atomic E-state index is 12.1. The van der Waals surface area contributed by atoms with E-state index in [1.165, 1.54) is 11.8 Å². The van der Waals surface area contributed by atoms with Crippen molar-refractivity contribution in [3.8, 4) is 0 Å². The van der Waals surface area contributed by atoms with E-state index in [1.54, 1.807) is 6.92 Å². The van der Waals surface area contributed by atoms with E-state index in [0.717, 1.165) is 28.9 Å². The van der Waals surface area contributed by atoms with Crippen molar-refractivity contribution in [3.05, 3.63) is 35.9 Å². The fourth-order valence-corrected chi connectivity index (χ4v) is 3.87. The smallest absolute Gasteiger partial charge is 0.239 e. The predicted octanol–water partition coefficient (Wildman–Crippen LogP) is 2.17. The highest BCUT2D eigenvalue weighted by Gasteiger charge is 2.16. The number of nitrogens with one attached hydrogen (secondary N) is 2. The van der Waals surface area contributed by atoms with E-state index in [9.17, 15) is 13.2 Å². The van der Waals surface area contributed by atoms with E-state index in [0.29, 0.717) is 0 Å². The number of amides is 1. The average Bonchev–Trinajstić information content (AvgIpc) is 2.90. The van der Waals surface area contributed by atoms with Crippen LogP contribution in [0.2, 0.25) is 0 Å². The molecular formula is C13H16N4O3S3. The predicted molar refractivity (Wildman–Crippen MR) is 94.2 cm³/mol. The molecule has 0 aliphatic rings. The van der Waals surface area contributed by atoms with Gasteiger partial charge in [-0.15, -0.1) is 22.0 Å². The number of carbonyl (C=O) groups excluding carboxylic acids is 1. The third kappa shape index (κ3) is 6.16. The number of nitrogens with zero attached hydrogens (tertiary/aromatic N) is 2. The molecule has 2 N–H and O–H groups in total. The van der Waals surface area contributed by atoms with Gasteiger partial charge in [-0.1, -0.05) is 41.7 Å². The summed E-state index contributed by atoms with van der Waals surface area (Å²) in [7, 11) is -3.41.